The van der Waals surface area contributed by atoms with Crippen molar-refractivity contribution in [2.75, 3.05) is 11.5 Å². The average molecular weight is 398 g/mol. The van der Waals surface area contributed by atoms with Gasteiger partial charge in [-0.2, -0.15) is 16.6 Å². The number of carbonyl (C=O) groups excluding carboxylic acids is 1. The number of hydrogen-bond acceptors (Lipinski definition) is 7. The standard InChI is InChI=1S/C19H19N5OS2/c20-8-12-13(10-6-7-26-9-10)14-15(21)16(27-19(14)24-17(12)22)18(25)23-11-4-2-1-3-5-11/h6-7,9,11H,1-5,21H2,(H2,22,24)(H,23,25). The van der Waals surface area contributed by atoms with E-state index in [-0.39, 0.29) is 17.8 Å². The molecule has 3 aromatic heterocycles. The number of thiophene rings is 2. The first-order chi connectivity index (χ1) is 13.1. The van der Waals surface area contributed by atoms with E-state index in [0.29, 0.717) is 31.9 Å². The van der Waals surface area contributed by atoms with Gasteiger partial charge in [0.1, 0.15) is 27.2 Å². The lowest BCUT2D eigenvalue weighted by atomic mass is 9.95. The van der Waals surface area contributed by atoms with E-state index in [9.17, 15) is 10.1 Å². The lowest BCUT2D eigenvalue weighted by molar-refractivity contribution is 0.0932. The van der Waals surface area contributed by atoms with Crippen LogP contribution in [-0.2, 0) is 0 Å². The molecule has 0 radical (unpaired) electrons. The van der Waals surface area contributed by atoms with Crippen LogP contribution in [0.5, 0.6) is 0 Å². The smallest absolute Gasteiger partial charge is 0.263 e. The first kappa shape index (κ1) is 17.8. The van der Waals surface area contributed by atoms with Gasteiger partial charge in [0, 0.05) is 17.0 Å². The number of pyridine rings is 1. The molecular formula is C19H19N5OS2. The maximum atomic E-state index is 12.8. The second-order valence-electron chi connectivity index (χ2n) is 6.70. The first-order valence-corrected chi connectivity index (χ1v) is 10.6. The molecule has 27 heavy (non-hydrogen) atoms. The Bertz CT molecular complexity index is 1040. The molecule has 0 atom stereocenters. The maximum Gasteiger partial charge on any atom is 0.263 e. The topological polar surface area (TPSA) is 118 Å². The summed E-state index contributed by atoms with van der Waals surface area (Å²) in [5.41, 5.74) is 14.6. The monoisotopic (exact) mass is 397 g/mol. The summed E-state index contributed by atoms with van der Waals surface area (Å²) in [5.74, 6) is -0.0116. The number of carbonyl (C=O) groups is 1. The molecule has 1 saturated carbocycles. The predicted octanol–water partition coefficient (Wildman–Crippen LogP) is 4.12. The van der Waals surface area contributed by atoms with E-state index in [1.807, 2.05) is 16.8 Å². The summed E-state index contributed by atoms with van der Waals surface area (Å²) in [6, 6.07) is 4.25. The summed E-state index contributed by atoms with van der Waals surface area (Å²) in [5, 5.41) is 17.2. The number of nitrogens with zero attached hydrogens (tertiary/aromatic N) is 2. The van der Waals surface area contributed by atoms with Crippen LogP contribution in [0.4, 0.5) is 11.5 Å². The van der Waals surface area contributed by atoms with Crippen LogP contribution in [0.15, 0.2) is 16.8 Å². The Morgan fingerprint density at radius 3 is 2.74 bits per heavy atom. The molecule has 4 rings (SSSR count). The molecule has 8 heteroatoms. The fraction of sp³-hybridized carbons (Fsp3) is 0.316. The Morgan fingerprint density at radius 1 is 1.30 bits per heavy atom. The molecule has 3 heterocycles. The summed E-state index contributed by atoms with van der Waals surface area (Å²) >= 11 is 2.75. The van der Waals surface area contributed by atoms with Gasteiger partial charge in [-0.15, -0.1) is 11.3 Å². The molecule has 3 aromatic rings. The number of amides is 1. The van der Waals surface area contributed by atoms with Crippen molar-refractivity contribution >= 4 is 50.3 Å². The molecular weight excluding hydrogens is 378 g/mol. The largest absolute Gasteiger partial charge is 0.397 e. The number of nitrogen functional groups attached to an aromatic ring is 2. The van der Waals surface area contributed by atoms with E-state index >= 15 is 0 Å². The van der Waals surface area contributed by atoms with Crippen molar-refractivity contribution in [1.82, 2.24) is 10.3 Å². The molecule has 1 amide bonds. The second-order valence-corrected chi connectivity index (χ2v) is 8.48. The van der Waals surface area contributed by atoms with Crippen LogP contribution < -0.4 is 16.8 Å². The zero-order valence-electron chi connectivity index (χ0n) is 14.6. The van der Waals surface area contributed by atoms with Gasteiger partial charge < -0.3 is 16.8 Å². The van der Waals surface area contributed by atoms with Crippen molar-refractivity contribution in [2.45, 2.75) is 38.1 Å². The van der Waals surface area contributed by atoms with Gasteiger partial charge in [0.15, 0.2) is 0 Å². The lowest BCUT2D eigenvalue weighted by Gasteiger charge is -2.22. The molecule has 1 aliphatic carbocycles. The molecule has 0 aromatic carbocycles. The second kappa shape index (κ2) is 7.18. The van der Waals surface area contributed by atoms with Gasteiger partial charge in [-0.1, -0.05) is 19.3 Å². The summed E-state index contributed by atoms with van der Waals surface area (Å²) < 4.78 is 0. The summed E-state index contributed by atoms with van der Waals surface area (Å²) in [4.78, 5) is 18.2. The van der Waals surface area contributed by atoms with Gasteiger partial charge in [-0.25, -0.2) is 4.98 Å². The van der Waals surface area contributed by atoms with E-state index in [2.05, 4.69) is 16.4 Å². The Labute approximate surface area is 164 Å². The van der Waals surface area contributed by atoms with Gasteiger partial charge in [-0.3, -0.25) is 4.79 Å². The molecule has 6 nitrogen and oxygen atoms in total. The van der Waals surface area contributed by atoms with Crippen molar-refractivity contribution < 1.29 is 4.79 Å². The Morgan fingerprint density at radius 2 is 2.07 bits per heavy atom. The number of nitrogens with two attached hydrogens (primary N) is 2. The SMILES string of the molecule is N#Cc1c(N)nc2sc(C(=O)NC3CCCCC3)c(N)c2c1-c1ccsc1. The molecule has 0 unspecified atom stereocenters. The number of hydrogen-bond donors (Lipinski definition) is 3. The van der Waals surface area contributed by atoms with Crippen molar-refractivity contribution in [3.05, 3.63) is 27.3 Å². The van der Waals surface area contributed by atoms with Crippen molar-refractivity contribution in [3.8, 4) is 17.2 Å². The van der Waals surface area contributed by atoms with Gasteiger partial charge in [-0.05, 0) is 35.2 Å². The molecule has 5 N–H and O–H groups in total. The van der Waals surface area contributed by atoms with Gasteiger partial charge in [0.25, 0.3) is 5.91 Å². The Balaban J connectivity index is 1.83. The number of aromatic nitrogens is 1. The first-order valence-electron chi connectivity index (χ1n) is 8.85. The van der Waals surface area contributed by atoms with E-state index in [1.54, 1.807) is 0 Å². The maximum absolute atomic E-state index is 12.8. The molecule has 0 bridgehead atoms. The third kappa shape index (κ3) is 3.13. The van der Waals surface area contributed by atoms with Crippen LogP contribution in [0.1, 0.15) is 47.3 Å². The highest BCUT2D eigenvalue weighted by atomic mass is 32.1. The zero-order valence-corrected chi connectivity index (χ0v) is 16.3. The highest BCUT2D eigenvalue weighted by Gasteiger charge is 2.25. The quantitative estimate of drug-likeness (QED) is 0.614. The average Bonchev–Trinajstić information content (AvgIpc) is 3.30. The number of nitrogens with one attached hydrogen (secondary N) is 1. The normalized spacial score (nSPS) is 14.9. The van der Waals surface area contributed by atoms with Crippen LogP contribution in [0, 0.1) is 11.3 Å². The summed E-state index contributed by atoms with van der Waals surface area (Å²) in [7, 11) is 0. The number of fused-ring (bicyclic) bond motifs is 1. The summed E-state index contributed by atoms with van der Waals surface area (Å²) in [6.07, 6.45) is 5.50. The van der Waals surface area contributed by atoms with Crippen LogP contribution in [0.2, 0.25) is 0 Å². The van der Waals surface area contributed by atoms with Crippen LogP contribution in [0.3, 0.4) is 0 Å². The van der Waals surface area contributed by atoms with E-state index < -0.39 is 0 Å². The zero-order chi connectivity index (χ0) is 19.0. The highest BCUT2D eigenvalue weighted by molar-refractivity contribution is 7.21. The Hall–Kier alpha value is -2.63. The van der Waals surface area contributed by atoms with Crippen LogP contribution in [-0.4, -0.2) is 16.9 Å². The highest BCUT2D eigenvalue weighted by Crippen LogP contribution is 2.43. The number of rotatable bonds is 3. The molecule has 1 fully saturated rings. The van der Waals surface area contributed by atoms with Crippen LogP contribution in [0.25, 0.3) is 21.3 Å². The van der Waals surface area contributed by atoms with Crippen LogP contribution >= 0.6 is 22.7 Å². The molecule has 1 aliphatic rings. The fourth-order valence-corrected chi connectivity index (χ4v) is 5.31. The van der Waals surface area contributed by atoms with Crippen molar-refractivity contribution in [1.29, 1.82) is 5.26 Å². The molecule has 138 valence electrons. The third-order valence-electron chi connectivity index (χ3n) is 4.97. The minimum absolute atomic E-state index is 0.159. The van der Waals surface area contributed by atoms with E-state index in [1.165, 1.54) is 29.1 Å². The fourth-order valence-electron chi connectivity index (χ4n) is 3.65. The van der Waals surface area contributed by atoms with Crippen molar-refractivity contribution in [3.63, 3.8) is 0 Å². The lowest BCUT2D eigenvalue weighted by Crippen LogP contribution is -2.36. The number of nitriles is 1. The minimum atomic E-state index is -0.171. The molecule has 0 aliphatic heterocycles. The molecule has 0 saturated heterocycles. The van der Waals surface area contributed by atoms with Gasteiger partial charge >= 0.3 is 0 Å². The predicted molar refractivity (Wildman–Crippen MR) is 111 cm³/mol. The van der Waals surface area contributed by atoms with Gasteiger partial charge in [0.05, 0.1) is 5.69 Å². The van der Waals surface area contributed by atoms with E-state index in [4.69, 9.17) is 11.5 Å². The number of anilines is 2. The minimum Gasteiger partial charge on any atom is -0.397 e. The van der Waals surface area contributed by atoms with Gasteiger partial charge in [0.2, 0.25) is 0 Å². The summed E-state index contributed by atoms with van der Waals surface area (Å²) in [6.45, 7) is 0. The van der Waals surface area contributed by atoms with E-state index in [0.717, 1.165) is 31.2 Å². The third-order valence-corrected chi connectivity index (χ3v) is 6.75. The molecule has 0 spiro atoms. The Kier molecular flexibility index (Phi) is 4.72. The van der Waals surface area contributed by atoms with Crippen molar-refractivity contribution in [2.24, 2.45) is 0 Å².